The maximum absolute atomic E-state index is 11.1. The van der Waals surface area contributed by atoms with Crippen LogP contribution in [-0.2, 0) is 0 Å². The normalized spacial score (nSPS) is 10.4. The van der Waals surface area contributed by atoms with Gasteiger partial charge >= 0.3 is 0 Å². The molecule has 0 spiro atoms. The van der Waals surface area contributed by atoms with Crippen LogP contribution in [0.25, 0.3) is 11.1 Å². The first kappa shape index (κ1) is 16.7. The molecule has 2 rings (SSSR count). The van der Waals surface area contributed by atoms with Crippen molar-refractivity contribution in [2.75, 3.05) is 13.2 Å². The second kappa shape index (κ2) is 7.09. The molecule has 0 amide bonds. The Kier molecular flexibility index (Phi) is 5.16. The first-order valence-corrected chi connectivity index (χ1v) is 7.51. The van der Waals surface area contributed by atoms with E-state index >= 15 is 0 Å². The molecule has 1 heterocycles. The van der Waals surface area contributed by atoms with E-state index in [9.17, 15) is 10.1 Å². The second-order valence-corrected chi connectivity index (χ2v) is 4.99. The van der Waals surface area contributed by atoms with Crippen molar-refractivity contribution in [2.24, 2.45) is 0 Å². The van der Waals surface area contributed by atoms with Gasteiger partial charge in [0, 0.05) is 12.1 Å². The van der Waals surface area contributed by atoms with Gasteiger partial charge in [0.05, 0.1) is 35.1 Å². The summed E-state index contributed by atoms with van der Waals surface area (Å²) < 4.78 is 11.5. The van der Waals surface area contributed by atoms with Gasteiger partial charge in [0.25, 0.3) is 5.69 Å². The summed E-state index contributed by atoms with van der Waals surface area (Å²) in [5, 5.41) is 11.1. The van der Waals surface area contributed by atoms with E-state index in [2.05, 4.69) is 4.98 Å². The highest BCUT2D eigenvalue weighted by molar-refractivity contribution is 5.79. The highest BCUT2D eigenvalue weighted by Crippen LogP contribution is 2.42. The Labute approximate surface area is 135 Å². The molecule has 0 aliphatic heterocycles. The van der Waals surface area contributed by atoms with Crippen LogP contribution >= 0.6 is 0 Å². The molecule has 0 aliphatic rings. The molecule has 0 N–H and O–H groups in total. The van der Waals surface area contributed by atoms with Crippen molar-refractivity contribution in [3.05, 3.63) is 45.8 Å². The third-order valence-corrected chi connectivity index (χ3v) is 3.37. The number of pyridine rings is 1. The zero-order valence-electron chi connectivity index (χ0n) is 13.8. The van der Waals surface area contributed by atoms with Gasteiger partial charge in [0.15, 0.2) is 11.5 Å². The molecule has 6 heteroatoms. The molecule has 122 valence electrons. The largest absolute Gasteiger partial charge is 0.491 e. The number of nitro groups is 1. The van der Waals surface area contributed by atoms with E-state index in [1.807, 2.05) is 33.8 Å². The molecular weight excluding hydrogens is 296 g/mol. The number of non-ortho nitro benzene ring substituents is 1. The standard InChI is InChI=1S/C17H20N2O4/c1-5-22-16-11(3)18-12(4)17(23-6-2)15(16)13-8-7-9-14(10-13)19(20)21/h7-10H,5-6H2,1-4H3. The van der Waals surface area contributed by atoms with Crippen LogP contribution in [0.15, 0.2) is 24.3 Å². The third-order valence-electron chi connectivity index (χ3n) is 3.37. The van der Waals surface area contributed by atoms with Gasteiger partial charge in [-0.1, -0.05) is 12.1 Å². The van der Waals surface area contributed by atoms with Crippen molar-refractivity contribution in [2.45, 2.75) is 27.7 Å². The lowest BCUT2D eigenvalue weighted by atomic mass is 10.0. The van der Waals surface area contributed by atoms with Crippen molar-refractivity contribution < 1.29 is 14.4 Å². The summed E-state index contributed by atoms with van der Waals surface area (Å²) in [7, 11) is 0. The Morgan fingerprint density at radius 2 is 1.65 bits per heavy atom. The van der Waals surface area contributed by atoms with Crippen molar-refractivity contribution in [3.8, 4) is 22.6 Å². The Morgan fingerprint density at radius 3 is 2.13 bits per heavy atom. The number of hydrogen-bond donors (Lipinski definition) is 0. The van der Waals surface area contributed by atoms with Gasteiger partial charge < -0.3 is 9.47 Å². The predicted octanol–water partition coefficient (Wildman–Crippen LogP) is 4.07. The highest BCUT2D eigenvalue weighted by Gasteiger charge is 2.21. The number of benzene rings is 1. The first-order valence-electron chi connectivity index (χ1n) is 7.51. The van der Waals surface area contributed by atoms with Crippen LogP contribution in [0.1, 0.15) is 25.2 Å². The van der Waals surface area contributed by atoms with E-state index in [1.54, 1.807) is 6.07 Å². The van der Waals surface area contributed by atoms with Crippen molar-refractivity contribution in [3.63, 3.8) is 0 Å². The van der Waals surface area contributed by atoms with Crippen LogP contribution in [0, 0.1) is 24.0 Å². The molecular formula is C17H20N2O4. The molecule has 0 bridgehead atoms. The molecule has 0 saturated heterocycles. The summed E-state index contributed by atoms with van der Waals surface area (Å²) in [4.78, 5) is 15.1. The minimum atomic E-state index is -0.412. The molecule has 0 radical (unpaired) electrons. The van der Waals surface area contributed by atoms with Gasteiger partial charge in [-0.2, -0.15) is 0 Å². The molecule has 0 unspecified atom stereocenters. The molecule has 6 nitrogen and oxygen atoms in total. The second-order valence-electron chi connectivity index (χ2n) is 4.99. The lowest BCUT2D eigenvalue weighted by molar-refractivity contribution is -0.384. The van der Waals surface area contributed by atoms with E-state index in [4.69, 9.17) is 9.47 Å². The van der Waals surface area contributed by atoms with Crippen molar-refractivity contribution >= 4 is 5.69 Å². The quantitative estimate of drug-likeness (QED) is 0.593. The maximum atomic E-state index is 11.1. The third kappa shape index (κ3) is 3.41. The molecule has 2 aromatic rings. The molecule has 1 aromatic heterocycles. The van der Waals surface area contributed by atoms with Gasteiger partial charge in [-0.15, -0.1) is 0 Å². The predicted molar refractivity (Wildman–Crippen MR) is 88.1 cm³/mol. The van der Waals surface area contributed by atoms with Crippen LogP contribution in [0.3, 0.4) is 0 Å². The number of nitro benzene ring substituents is 1. The van der Waals surface area contributed by atoms with Crippen LogP contribution in [0.5, 0.6) is 11.5 Å². The lowest BCUT2D eigenvalue weighted by Gasteiger charge is -2.19. The minimum absolute atomic E-state index is 0.0273. The summed E-state index contributed by atoms with van der Waals surface area (Å²) in [6, 6.07) is 6.46. The summed E-state index contributed by atoms with van der Waals surface area (Å²) in [6.07, 6.45) is 0. The van der Waals surface area contributed by atoms with E-state index in [1.165, 1.54) is 12.1 Å². The van der Waals surface area contributed by atoms with E-state index in [0.717, 1.165) is 11.4 Å². The minimum Gasteiger partial charge on any atom is -0.491 e. The maximum Gasteiger partial charge on any atom is 0.270 e. The van der Waals surface area contributed by atoms with Crippen LogP contribution in [0.2, 0.25) is 0 Å². The van der Waals surface area contributed by atoms with Gasteiger partial charge in [0.2, 0.25) is 0 Å². The number of nitrogens with zero attached hydrogens (tertiary/aromatic N) is 2. The highest BCUT2D eigenvalue weighted by atomic mass is 16.6. The van der Waals surface area contributed by atoms with Crippen molar-refractivity contribution in [1.82, 2.24) is 4.98 Å². The number of aromatic nitrogens is 1. The Balaban J connectivity index is 2.76. The van der Waals surface area contributed by atoms with Gasteiger partial charge in [0.1, 0.15) is 0 Å². The van der Waals surface area contributed by atoms with Gasteiger partial charge in [-0.3, -0.25) is 15.1 Å². The fraction of sp³-hybridized carbons (Fsp3) is 0.353. The Morgan fingerprint density at radius 1 is 1.09 bits per heavy atom. The lowest BCUT2D eigenvalue weighted by Crippen LogP contribution is -2.05. The van der Waals surface area contributed by atoms with Crippen LogP contribution in [0.4, 0.5) is 5.69 Å². The number of hydrogen-bond acceptors (Lipinski definition) is 5. The fourth-order valence-corrected chi connectivity index (χ4v) is 2.50. The van der Waals surface area contributed by atoms with Crippen LogP contribution in [-0.4, -0.2) is 23.1 Å². The zero-order valence-corrected chi connectivity index (χ0v) is 13.8. The van der Waals surface area contributed by atoms with E-state index in [0.29, 0.717) is 35.8 Å². The SMILES string of the molecule is CCOc1c(C)nc(C)c(OCC)c1-c1cccc([N+](=O)[O-])c1. The monoisotopic (exact) mass is 316 g/mol. The Hall–Kier alpha value is -2.63. The summed E-state index contributed by atoms with van der Waals surface area (Å²) in [5.41, 5.74) is 2.88. The summed E-state index contributed by atoms with van der Waals surface area (Å²) in [6.45, 7) is 8.43. The Bertz CT molecular complexity index is 699. The molecule has 1 aromatic carbocycles. The molecule has 23 heavy (non-hydrogen) atoms. The molecule has 0 fully saturated rings. The molecule has 0 atom stereocenters. The number of rotatable bonds is 6. The molecule has 0 saturated carbocycles. The smallest absolute Gasteiger partial charge is 0.270 e. The fourth-order valence-electron chi connectivity index (χ4n) is 2.50. The van der Waals surface area contributed by atoms with Crippen molar-refractivity contribution in [1.29, 1.82) is 0 Å². The zero-order chi connectivity index (χ0) is 17.0. The molecule has 0 aliphatic carbocycles. The van der Waals surface area contributed by atoms with E-state index < -0.39 is 4.92 Å². The van der Waals surface area contributed by atoms with Gasteiger partial charge in [-0.05, 0) is 33.3 Å². The number of aryl methyl sites for hydroxylation is 2. The van der Waals surface area contributed by atoms with E-state index in [-0.39, 0.29) is 5.69 Å². The first-order chi connectivity index (χ1) is 11.0. The van der Waals surface area contributed by atoms with Crippen LogP contribution < -0.4 is 9.47 Å². The van der Waals surface area contributed by atoms with Gasteiger partial charge in [-0.25, -0.2) is 0 Å². The summed E-state index contributed by atoms with van der Waals surface area (Å²) in [5.74, 6) is 1.20. The summed E-state index contributed by atoms with van der Waals surface area (Å²) >= 11 is 0. The topological polar surface area (TPSA) is 74.5 Å². The number of ether oxygens (including phenoxy) is 2. The average molecular weight is 316 g/mol. The average Bonchev–Trinajstić information content (AvgIpc) is 2.52.